The van der Waals surface area contributed by atoms with Gasteiger partial charge in [0.1, 0.15) is 10.6 Å². The Morgan fingerprint density at radius 2 is 2.22 bits per heavy atom. The fraction of sp³-hybridized carbons (Fsp3) is 0.364. The molecule has 18 heavy (non-hydrogen) atoms. The summed E-state index contributed by atoms with van der Waals surface area (Å²) in [5.41, 5.74) is -0.503. The Labute approximate surface area is 109 Å². The number of rotatable bonds is 4. The highest BCUT2D eigenvalue weighted by molar-refractivity contribution is 6.33. The fourth-order valence-electron chi connectivity index (χ4n) is 1.56. The number of carbonyl (C=O) groups excluding carboxylic acids is 1. The van der Waals surface area contributed by atoms with Crippen LogP contribution in [-0.2, 0) is 0 Å². The highest BCUT2D eigenvalue weighted by Gasteiger charge is 2.25. The number of aliphatic hydroxyl groups excluding tert-OH is 1. The maximum atomic E-state index is 12.0. The van der Waals surface area contributed by atoms with Crippen molar-refractivity contribution in [2.45, 2.75) is 13.0 Å². The van der Waals surface area contributed by atoms with Gasteiger partial charge in [-0.05, 0) is 19.1 Å². The predicted molar refractivity (Wildman–Crippen MR) is 66.7 cm³/mol. The number of halogens is 1. The molecule has 0 heterocycles. The number of nitro benzene ring substituents is 1. The molecule has 1 N–H and O–H groups in total. The predicted octanol–water partition coefficient (Wildman–Crippen LogP) is 1.70. The quantitative estimate of drug-likeness (QED) is 0.668. The lowest BCUT2D eigenvalue weighted by atomic mass is 10.1. The second-order valence-corrected chi connectivity index (χ2v) is 4.34. The smallest absolute Gasteiger partial charge is 0.300 e. The van der Waals surface area contributed by atoms with Crippen molar-refractivity contribution in [3.63, 3.8) is 0 Å². The van der Waals surface area contributed by atoms with Crippen molar-refractivity contribution in [3.8, 4) is 0 Å². The Balaban J connectivity index is 3.13. The second-order valence-electron chi connectivity index (χ2n) is 3.93. The standard InChI is InChI=1S/C11H13ClN2O4/c1-7(15)6-13(2)11(16)8-4-3-5-9(12)10(8)14(17)18/h3-5,7,15H,6H2,1-2H3. The second kappa shape index (κ2) is 5.79. The van der Waals surface area contributed by atoms with Gasteiger partial charge in [0.2, 0.25) is 0 Å². The van der Waals surface area contributed by atoms with E-state index in [4.69, 9.17) is 11.6 Å². The number of carbonyl (C=O) groups is 1. The average Bonchev–Trinajstić information content (AvgIpc) is 2.26. The first-order valence-corrected chi connectivity index (χ1v) is 5.58. The molecule has 1 aromatic carbocycles. The molecule has 98 valence electrons. The van der Waals surface area contributed by atoms with Crippen molar-refractivity contribution in [2.75, 3.05) is 13.6 Å². The molecule has 0 saturated carbocycles. The Kier molecular flexibility index (Phi) is 4.63. The Bertz CT molecular complexity index is 476. The van der Waals surface area contributed by atoms with Gasteiger partial charge in [-0.15, -0.1) is 0 Å². The monoisotopic (exact) mass is 272 g/mol. The number of aliphatic hydroxyl groups is 1. The third kappa shape index (κ3) is 3.18. The number of benzene rings is 1. The fourth-order valence-corrected chi connectivity index (χ4v) is 1.80. The van der Waals surface area contributed by atoms with Crippen LogP contribution >= 0.6 is 11.6 Å². The van der Waals surface area contributed by atoms with Gasteiger partial charge in [0.05, 0.1) is 11.0 Å². The Hall–Kier alpha value is -1.66. The molecule has 0 bridgehead atoms. The van der Waals surface area contributed by atoms with Crippen LogP contribution in [0.2, 0.25) is 5.02 Å². The van der Waals surface area contributed by atoms with E-state index in [1.807, 2.05) is 0 Å². The topological polar surface area (TPSA) is 83.7 Å². The number of hydrogen-bond donors (Lipinski definition) is 1. The molecule has 1 atom stereocenters. The summed E-state index contributed by atoms with van der Waals surface area (Å²) < 4.78 is 0. The summed E-state index contributed by atoms with van der Waals surface area (Å²) in [7, 11) is 1.46. The SMILES string of the molecule is CC(O)CN(C)C(=O)c1cccc(Cl)c1[N+](=O)[O-]. The first kappa shape index (κ1) is 14.4. The van der Waals surface area contributed by atoms with Crippen LogP contribution < -0.4 is 0 Å². The number of nitro groups is 1. The van der Waals surface area contributed by atoms with E-state index in [-0.39, 0.29) is 17.1 Å². The summed E-state index contributed by atoms with van der Waals surface area (Å²) in [5.74, 6) is -0.551. The van der Waals surface area contributed by atoms with Gasteiger partial charge in [-0.1, -0.05) is 17.7 Å². The number of hydrogen-bond acceptors (Lipinski definition) is 4. The van der Waals surface area contributed by atoms with Crippen LogP contribution in [0, 0.1) is 10.1 Å². The number of para-hydroxylation sites is 1. The summed E-state index contributed by atoms with van der Waals surface area (Å²) in [6.07, 6.45) is -0.711. The van der Waals surface area contributed by atoms with E-state index >= 15 is 0 Å². The number of nitrogens with zero attached hydrogens (tertiary/aromatic N) is 2. The maximum absolute atomic E-state index is 12.0. The summed E-state index contributed by atoms with van der Waals surface area (Å²) in [5, 5.41) is 20.0. The third-order valence-electron chi connectivity index (χ3n) is 2.28. The van der Waals surface area contributed by atoms with E-state index in [0.29, 0.717) is 0 Å². The molecule has 1 rings (SSSR count). The molecule has 7 heteroatoms. The third-order valence-corrected chi connectivity index (χ3v) is 2.59. The largest absolute Gasteiger partial charge is 0.392 e. The van der Waals surface area contributed by atoms with E-state index in [1.165, 1.54) is 37.1 Å². The van der Waals surface area contributed by atoms with Gasteiger partial charge in [-0.2, -0.15) is 0 Å². The number of likely N-dealkylation sites (N-methyl/N-ethyl adjacent to an activating group) is 1. The Morgan fingerprint density at radius 3 is 2.72 bits per heavy atom. The minimum absolute atomic E-state index is 0.0858. The zero-order valence-corrected chi connectivity index (χ0v) is 10.7. The van der Waals surface area contributed by atoms with Gasteiger partial charge in [0, 0.05) is 13.6 Å². The maximum Gasteiger partial charge on any atom is 0.300 e. The van der Waals surface area contributed by atoms with Crippen LogP contribution in [0.15, 0.2) is 18.2 Å². The van der Waals surface area contributed by atoms with Crippen LogP contribution in [0.25, 0.3) is 0 Å². The van der Waals surface area contributed by atoms with Gasteiger partial charge >= 0.3 is 5.69 Å². The molecule has 6 nitrogen and oxygen atoms in total. The highest BCUT2D eigenvalue weighted by Crippen LogP contribution is 2.28. The van der Waals surface area contributed by atoms with Crippen molar-refractivity contribution in [1.29, 1.82) is 0 Å². The minimum atomic E-state index is -0.711. The zero-order chi connectivity index (χ0) is 13.9. The zero-order valence-electron chi connectivity index (χ0n) is 9.96. The van der Waals surface area contributed by atoms with Gasteiger partial charge < -0.3 is 10.0 Å². The van der Waals surface area contributed by atoms with Crippen molar-refractivity contribution in [3.05, 3.63) is 38.9 Å². The van der Waals surface area contributed by atoms with E-state index in [9.17, 15) is 20.0 Å². The van der Waals surface area contributed by atoms with Crippen molar-refractivity contribution in [2.24, 2.45) is 0 Å². The molecule has 0 spiro atoms. The molecular formula is C11H13ClN2O4. The van der Waals surface area contributed by atoms with Crippen LogP contribution in [0.5, 0.6) is 0 Å². The molecule has 0 radical (unpaired) electrons. The minimum Gasteiger partial charge on any atom is -0.392 e. The summed E-state index contributed by atoms with van der Waals surface area (Å²) >= 11 is 5.72. The molecule has 0 aliphatic heterocycles. The van der Waals surface area contributed by atoms with Gasteiger partial charge in [-0.25, -0.2) is 0 Å². The number of amides is 1. The molecule has 1 aromatic rings. The molecular weight excluding hydrogens is 260 g/mol. The van der Waals surface area contributed by atoms with E-state index in [2.05, 4.69) is 0 Å². The molecule has 1 unspecified atom stereocenters. The van der Waals surface area contributed by atoms with E-state index in [1.54, 1.807) is 0 Å². The molecule has 0 saturated heterocycles. The molecule has 1 amide bonds. The van der Waals surface area contributed by atoms with Crippen LogP contribution in [-0.4, -0.2) is 40.5 Å². The van der Waals surface area contributed by atoms with Crippen LogP contribution in [0.4, 0.5) is 5.69 Å². The van der Waals surface area contributed by atoms with Crippen LogP contribution in [0.1, 0.15) is 17.3 Å². The van der Waals surface area contributed by atoms with Gasteiger partial charge in [0.15, 0.2) is 0 Å². The van der Waals surface area contributed by atoms with Gasteiger partial charge in [0.25, 0.3) is 5.91 Å². The molecule has 0 aliphatic carbocycles. The Morgan fingerprint density at radius 1 is 1.61 bits per heavy atom. The van der Waals surface area contributed by atoms with E-state index in [0.717, 1.165) is 0 Å². The van der Waals surface area contributed by atoms with Gasteiger partial charge in [-0.3, -0.25) is 14.9 Å². The lowest BCUT2D eigenvalue weighted by Crippen LogP contribution is -2.33. The van der Waals surface area contributed by atoms with Crippen LogP contribution in [0.3, 0.4) is 0 Å². The lowest BCUT2D eigenvalue weighted by Gasteiger charge is -2.18. The summed E-state index contributed by atoms with van der Waals surface area (Å²) in [6, 6.07) is 4.16. The first-order valence-electron chi connectivity index (χ1n) is 5.21. The van der Waals surface area contributed by atoms with Crippen molar-refractivity contribution < 1.29 is 14.8 Å². The molecule has 0 aromatic heterocycles. The van der Waals surface area contributed by atoms with E-state index < -0.39 is 22.6 Å². The summed E-state index contributed by atoms with van der Waals surface area (Å²) in [4.78, 5) is 23.4. The lowest BCUT2D eigenvalue weighted by molar-refractivity contribution is -0.385. The normalized spacial score (nSPS) is 12.0. The first-order chi connectivity index (χ1) is 8.34. The average molecular weight is 273 g/mol. The molecule has 0 fully saturated rings. The van der Waals surface area contributed by atoms with Crippen molar-refractivity contribution >= 4 is 23.2 Å². The highest BCUT2D eigenvalue weighted by atomic mass is 35.5. The summed E-state index contributed by atoms with van der Waals surface area (Å²) in [6.45, 7) is 1.61. The van der Waals surface area contributed by atoms with Crippen molar-refractivity contribution in [1.82, 2.24) is 4.90 Å². The molecule has 0 aliphatic rings.